The summed E-state index contributed by atoms with van der Waals surface area (Å²) in [7, 11) is 0. The van der Waals surface area contributed by atoms with Crippen molar-refractivity contribution >= 4 is 11.8 Å². The van der Waals surface area contributed by atoms with E-state index in [1.54, 1.807) is 0 Å². The summed E-state index contributed by atoms with van der Waals surface area (Å²) in [5.74, 6) is 1.30. The molecule has 118 valence electrons. The lowest BCUT2D eigenvalue weighted by atomic mass is 10.0. The minimum atomic E-state index is 0.491. The van der Waals surface area contributed by atoms with Gasteiger partial charge in [0.05, 0.1) is 0 Å². The van der Waals surface area contributed by atoms with Crippen molar-refractivity contribution < 1.29 is 0 Å². The molecule has 2 unspecified atom stereocenters. The van der Waals surface area contributed by atoms with Crippen LogP contribution >= 0.6 is 11.8 Å². The van der Waals surface area contributed by atoms with Crippen molar-refractivity contribution in [1.82, 2.24) is 10.2 Å². The highest BCUT2D eigenvalue weighted by Crippen LogP contribution is 2.23. The Morgan fingerprint density at radius 2 is 2.05 bits per heavy atom. The topological polar surface area (TPSA) is 15.3 Å². The zero-order chi connectivity index (χ0) is 15.1. The lowest BCUT2D eigenvalue weighted by Crippen LogP contribution is -2.39. The number of aryl methyl sites for hydroxylation is 1. The van der Waals surface area contributed by atoms with Crippen molar-refractivity contribution in [2.75, 3.05) is 31.9 Å². The number of hydrogen-bond acceptors (Lipinski definition) is 3. The van der Waals surface area contributed by atoms with Crippen LogP contribution in [-0.4, -0.2) is 42.1 Å². The molecule has 0 bridgehead atoms. The minimum Gasteiger partial charge on any atom is -0.310 e. The van der Waals surface area contributed by atoms with Gasteiger partial charge in [-0.3, -0.25) is 0 Å². The van der Waals surface area contributed by atoms with E-state index in [0.717, 1.165) is 11.8 Å². The molecule has 21 heavy (non-hydrogen) atoms. The van der Waals surface area contributed by atoms with Gasteiger partial charge in [0.1, 0.15) is 0 Å². The van der Waals surface area contributed by atoms with Crippen LogP contribution in [0.2, 0.25) is 0 Å². The van der Waals surface area contributed by atoms with Crippen molar-refractivity contribution in [3.8, 4) is 0 Å². The summed E-state index contributed by atoms with van der Waals surface area (Å²) in [6, 6.07) is 9.51. The quantitative estimate of drug-likeness (QED) is 0.823. The van der Waals surface area contributed by atoms with Gasteiger partial charge >= 0.3 is 0 Å². The molecule has 0 radical (unpaired) electrons. The molecule has 1 heterocycles. The first-order chi connectivity index (χ1) is 10.2. The van der Waals surface area contributed by atoms with Crippen molar-refractivity contribution in [2.45, 2.75) is 44.9 Å². The Hall–Kier alpha value is -0.510. The van der Waals surface area contributed by atoms with Gasteiger partial charge in [-0.25, -0.2) is 0 Å². The molecule has 0 aromatic heterocycles. The van der Waals surface area contributed by atoms with Crippen LogP contribution in [0.3, 0.4) is 0 Å². The average molecular weight is 307 g/mol. The summed E-state index contributed by atoms with van der Waals surface area (Å²) < 4.78 is 0. The largest absolute Gasteiger partial charge is 0.310 e. The highest BCUT2D eigenvalue weighted by atomic mass is 32.2. The minimum absolute atomic E-state index is 0.491. The van der Waals surface area contributed by atoms with Gasteiger partial charge in [0.15, 0.2) is 0 Å². The first-order valence-electron chi connectivity index (χ1n) is 8.36. The first-order valence-corrected chi connectivity index (χ1v) is 9.41. The fraction of sp³-hybridized carbons (Fsp3) is 0.667. The molecule has 2 rings (SSSR count). The molecule has 0 amide bonds. The average Bonchev–Trinajstić information content (AvgIpc) is 2.52. The van der Waals surface area contributed by atoms with Crippen LogP contribution < -0.4 is 5.32 Å². The Morgan fingerprint density at radius 3 is 2.71 bits per heavy atom. The van der Waals surface area contributed by atoms with Crippen LogP contribution in [0.4, 0.5) is 0 Å². The maximum Gasteiger partial charge on any atom is 0.0332 e. The van der Waals surface area contributed by atoms with Crippen LogP contribution in [0.15, 0.2) is 24.3 Å². The second-order valence-corrected chi connectivity index (χ2v) is 7.42. The van der Waals surface area contributed by atoms with E-state index in [2.05, 4.69) is 67.0 Å². The summed E-state index contributed by atoms with van der Waals surface area (Å²) in [5.41, 5.74) is 2.77. The van der Waals surface area contributed by atoms with Gasteiger partial charge in [0.25, 0.3) is 0 Å². The fourth-order valence-electron chi connectivity index (χ4n) is 2.97. The van der Waals surface area contributed by atoms with Crippen molar-refractivity contribution in [3.63, 3.8) is 0 Å². The second kappa shape index (κ2) is 8.82. The van der Waals surface area contributed by atoms with Crippen molar-refractivity contribution in [3.05, 3.63) is 35.4 Å². The zero-order valence-corrected chi connectivity index (χ0v) is 14.6. The summed E-state index contributed by atoms with van der Waals surface area (Å²) >= 11 is 2.15. The van der Waals surface area contributed by atoms with Crippen LogP contribution in [0.25, 0.3) is 0 Å². The van der Waals surface area contributed by atoms with Gasteiger partial charge in [-0.2, -0.15) is 11.8 Å². The molecule has 1 aromatic rings. The summed E-state index contributed by atoms with van der Waals surface area (Å²) in [4.78, 5) is 2.66. The lowest BCUT2D eigenvalue weighted by molar-refractivity contribution is 0.263. The van der Waals surface area contributed by atoms with Gasteiger partial charge in [0, 0.05) is 36.7 Å². The number of nitrogens with zero attached hydrogens (tertiary/aromatic N) is 1. The van der Waals surface area contributed by atoms with Gasteiger partial charge in [-0.05, 0) is 31.9 Å². The number of hydrogen-bond donors (Lipinski definition) is 1. The Balaban J connectivity index is 1.89. The molecular weight excluding hydrogens is 276 g/mol. The predicted octanol–water partition coefficient (Wildman–Crippen LogP) is 3.86. The first kappa shape index (κ1) is 16.9. The summed E-state index contributed by atoms with van der Waals surface area (Å²) in [6.07, 6.45) is 2.51. The van der Waals surface area contributed by atoms with E-state index in [-0.39, 0.29) is 0 Å². The predicted molar refractivity (Wildman–Crippen MR) is 95.2 cm³/mol. The zero-order valence-electron chi connectivity index (χ0n) is 13.8. The third kappa shape index (κ3) is 5.32. The van der Waals surface area contributed by atoms with E-state index < -0.39 is 0 Å². The van der Waals surface area contributed by atoms with E-state index in [4.69, 9.17) is 0 Å². The number of benzene rings is 1. The fourth-order valence-corrected chi connectivity index (χ4v) is 4.22. The molecule has 2 atom stereocenters. The van der Waals surface area contributed by atoms with Crippen LogP contribution in [-0.2, 0) is 0 Å². The van der Waals surface area contributed by atoms with E-state index in [1.807, 2.05) is 0 Å². The molecule has 3 heteroatoms. The highest BCUT2D eigenvalue weighted by Gasteiger charge is 2.20. The van der Waals surface area contributed by atoms with E-state index in [0.29, 0.717) is 6.04 Å². The second-order valence-electron chi connectivity index (χ2n) is 6.01. The Labute approximate surface area is 134 Å². The number of thioether (sulfide) groups is 1. The van der Waals surface area contributed by atoms with Crippen molar-refractivity contribution in [1.29, 1.82) is 0 Å². The maximum atomic E-state index is 3.65. The molecule has 1 aliphatic rings. The Kier molecular flexibility index (Phi) is 7.08. The molecule has 1 N–H and O–H groups in total. The summed E-state index contributed by atoms with van der Waals surface area (Å²) in [5, 5.41) is 4.49. The molecule has 0 spiro atoms. The molecule has 2 nitrogen and oxygen atoms in total. The third-order valence-electron chi connectivity index (χ3n) is 4.34. The van der Waals surface area contributed by atoms with E-state index in [9.17, 15) is 0 Å². The molecule has 1 fully saturated rings. The smallest absolute Gasteiger partial charge is 0.0332 e. The molecule has 0 saturated carbocycles. The standard InChI is InChI=1S/C18H30N2S/c1-4-17-14-20(12-13-21-17)11-10-18(19-5-2)16-8-6-15(3)7-9-16/h6-9,17-19H,4-5,10-14H2,1-3H3. The van der Waals surface area contributed by atoms with Gasteiger partial charge in [0.2, 0.25) is 0 Å². The SMILES string of the molecule is CCNC(CCN1CCSC(CC)C1)c1ccc(C)cc1. The van der Waals surface area contributed by atoms with Gasteiger partial charge in [-0.1, -0.05) is 43.7 Å². The maximum absolute atomic E-state index is 3.65. The Morgan fingerprint density at radius 1 is 1.29 bits per heavy atom. The van der Waals surface area contributed by atoms with Crippen LogP contribution in [0, 0.1) is 6.92 Å². The molecular formula is C18H30N2S. The highest BCUT2D eigenvalue weighted by molar-refractivity contribution is 8.00. The van der Waals surface area contributed by atoms with Crippen molar-refractivity contribution in [2.24, 2.45) is 0 Å². The van der Waals surface area contributed by atoms with E-state index in [1.165, 1.54) is 49.4 Å². The van der Waals surface area contributed by atoms with E-state index >= 15 is 0 Å². The van der Waals surface area contributed by atoms with Crippen LogP contribution in [0.5, 0.6) is 0 Å². The molecule has 1 saturated heterocycles. The summed E-state index contributed by atoms with van der Waals surface area (Å²) in [6.45, 7) is 11.4. The third-order valence-corrected chi connectivity index (χ3v) is 5.71. The number of nitrogens with one attached hydrogen (secondary N) is 1. The lowest BCUT2D eigenvalue weighted by Gasteiger charge is -2.33. The van der Waals surface area contributed by atoms with Gasteiger partial charge in [-0.15, -0.1) is 0 Å². The molecule has 0 aliphatic carbocycles. The Bertz CT molecular complexity index is 404. The molecule has 1 aromatic carbocycles. The molecule has 1 aliphatic heterocycles. The monoisotopic (exact) mass is 306 g/mol. The van der Waals surface area contributed by atoms with Crippen LogP contribution in [0.1, 0.15) is 43.9 Å². The normalized spacial score (nSPS) is 21.4. The number of rotatable bonds is 7. The van der Waals surface area contributed by atoms with Gasteiger partial charge < -0.3 is 10.2 Å².